The van der Waals surface area contributed by atoms with Crippen molar-refractivity contribution in [1.29, 1.82) is 0 Å². The average molecular weight is 278 g/mol. The summed E-state index contributed by atoms with van der Waals surface area (Å²) >= 11 is 0. The number of hydrogen-bond donors (Lipinski definition) is 2. The zero-order chi connectivity index (χ0) is 14.7. The van der Waals surface area contributed by atoms with E-state index in [1.54, 1.807) is 0 Å². The van der Waals surface area contributed by atoms with Crippen molar-refractivity contribution in [3.05, 3.63) is 17.6 Å². The molecule has 1 aliphatic rings. The fourth-order valence-electron chi connectivity index (χ4n) is 2.61. The number of aromatic nitrogens is 2. The fourth-order valence-corrected chi connectivity index (χ4v) is 2.61. The van der Waals surface area contributed by atoms with Gasteiger partial charge in [-0.25, -0.2) is 9.97 Å². The van der Waals surface area contributed by atoms with Crippen molar-refractivity contribution in [2.24, 2.45) is 0 Å². The van der Waals surface area contributed by atoms with Gasteiger partial charge in [0, 0.05) is 37.3 Å². The predicted octanol–water partition coefficient (Wildman–Crippen LogP) is 1.60. The average Bonchev–Trinajstić information content (AvgIpc) is 2.71. The van der Waals surface area contributed by atoms with Gasteiger partial charge in [0.25, 0.3) is 0 Å². The lowest BCUT2D eigenvalue weighted by Crippen LogP contribution is -2.33. The molecule has 2 atom stereocenters. The molecule has 1 aliphatic heterocycles. The number of hydrogen-bond acceptors (Lipinski definition) is 5. The molecule has 5 heteroatoms. The Kier molecular flexibility index (Phi) is 4.94. The molecule has 5 nitrogen and oxygen atoms in total. The number of nitrogens with zero attached hydrogens (tertiary/aromatic N) is 3. The Bertz CT molecular complexity index is 449. The highest BCUT2D eigenvalue weighted by molar-refractivity contribution is 5.38. The van der Waals surface area contributed by atoms with Crippen molar-refractivity contribution < 1.29 is 5.11 Å². The first-order valence-electron chi connectivity index (χ1n) is 7.52. The Hall–Kier alpha value is -1.20. The van der Waals surface area contributed by atoms with Gasteiger partial charge < -0.3 is 10.4 Å². The molecule has 2 rings (SSSR count). The van der Waals surface area contributed by atoms with Crippen molar-refractivity contribution in [2.75, 3.05) is 18.4 Å². The molecule has 1 aromatic rings. The monoisotopic (exact) mass is 278 g/mol. The molecule has 20 heavy (non-hydrogen) atoms. The van der Waals surface area contributed by atoms with E-state index >= 15 is 0 Å². The molecular weight excluding hydrogens is 252 g/mol. The number of anilines is 1. The highest BCUT2D eigenvalue weighted by atomic mass is 16.3. The Morgan fingerprint density at radius 2 is 2.15 bits per heavy atom. The van der Waals surface area contributed by atoms with Crippen LogP contribution in [0.25, 0.3) is 0 Å². The molecule has 1 fully saturated rings. The zero-order valence-electron chi connectivity index (χ0n) is 12.9. The molecule has 0 aliphatic carbocycles. The Morgan fingerprint density at radius 1 is 1.40 bits per heavy atom. The van der Waals surface area contributed by atoms with Crippen LogP contribution in [0.3, 0.4) is 0 Å². The van der Waals surface area contributed by atoms with Crippen LogP contribution in [0.1, 0.15) is 38.7 Å². The summed E-state index contributed by atoms with van der Waals surface area (Å²) in [5, 5.41) is 13.5. The number of rotatable bonds is 5. The van der Waals surface area contributed by atoms with Crippen LogP contribution in [0.2, 0.25) is 0 Å². The van der Waals surface area contributed by atoms with Gasteiger partial charge in [0.15, 0.2) is 0 Å². The molecule has 0 amide bonds. The summed E-state index contributed by atoms with van der Waals surface area (Å²) in [4.78, 5) is 11.3. The van der Waals surface area contributed by atoms with Crippen LogP contribution in [0.5, 0.6) is 0 Å². The van der Waals surface area contributed by atoms with Gasteiger partial charge in [-0.05, 0) is 27.2 Å². The van der Waals surface area contributed by atoms with Gasteiger partial charge in [-0.3, -0.25) is 4.90 Å². The third-order valence-corrected chi connectivity index (χ3v) is 3.75. The highest BCUT2D eigenvalue weighted by Gasteiger charge is 2.32. The van der Waals surface area contributed by atoms with Crippen LogP contribution >= 0.6 is 0 Å². The summed E-state index contributed by atoms with van der Waals surface area (Å²) in [5.41, 5.74) is 0.971. The second-order valence-electron chi connectivity index (χ2n) is 5.93. The molecule has 0 radical (unpaired) electrons. The van der Waals surface area contributed by atoms with Crippen molar-refractivity contribution >= 4 is 5.82 Å². The fraction of sp³-hybridized carbons (Fsp3) is 0.733. The maximum atomic E-state index is 10.2. The summed E-state index contributed by atoms with van der Waals surface area (Å²) in [7, 11) is 0. The van der Waals surface area contributed by atoms with Crippen molar-refractivity contribution in [2.45, 2.75) is 58.7 Å². The number of β-amino-alcohol motifs (C(OH)–C–C–N with tert-alkyl or cyclic N) is 1. The summed E-state index contributed by atoms with van der Waals surface area (Å²) in [6, 6.07) is 2.45. The summed E-state index contributed by atoms with van der Waals surface area (Å²) in [6.07, 6.45) is 1.58. The Morgan fingerprint density at radius 3 is 2.75 bits per heavy atom. The third kappa shape index (κ3) is 3.67. The molecule has 2 N–H and O–H groups in total. The molecule has 0 bridgehead atoms. The normalized spacial score (nSPS) is 23.5. The van der Waals surface area contributed by atoms with Crippen LogP contribution in [-0.4, -0.2) is 51.3 Å². The number of nitrogens with one attached hydrogen (secondary N) is 1. The van der Waals surface area contributed by atoms with Crippen molar-refractivity contribution in [3.63, 3.8) is 0 Å². The first-order valence-corrected chi connectivity index (χ1v) is 7.52. The minimum absolute atomic E-state index is 0.0428. The predicted molar refractivity (Wildman–Crippen MR) is 80.9 cm³/mol. The van der Waals surface area contributed by atoms with E-state index in [-0.39, 0.29) is 12.1 Å². The number of aryl methyl sites for hydroxylation is 2. The molecule has 112 valence electrons. The first kappa shape index (κ1) is 15.2. The summed E-state index contributed by atoms with van der Waals surface area (Å²) in [6.45, 7) is 10.00. The van der Waals surface area contributed by atoms with E-state index in [1.165, 1.54) is 0 Å². The Balaban J connectivity index is 2.06. The van der Waals surface area contributed by atoms with Crippen LogP contribution in [0.15, 0.2) is 6.07 Å². The molecule has 2 heterocycles. The molecule has 0 aromatic carbocycles. The van der Waals surface area contributed by atoms with E-state index in [0.717, 1.165) is 43.3 Å². The standard InChI is InChI=1S/C15H26N4O/c1-5-6-14-16-11(4)7-15(18-14)17-12-8-19(10(2)3)9-13(12)20/h7,10,12-13,20H,5-6,8-9H2,1-4H3,(H,16,17,18)/t12-,13-/m1/s1. The summed E-state index contributed by atoms with van der Waals surface area (Å²) in [5.74, 6) is 1.71. The minimum Gasteiger partial charge on any atom is -0.390 e. The lowest BCUT2D eigenvalue weighted by Gasteiger charge is -2.20. The second-order valence-corrected chi connectivity index (χ2v) is 5.93. The zero-order valence-corrected chi connectivity index (χ0v) is 12.9. The minimum atomic E-state index is -0.345. The third-order valence-electron chi connectivity index (χ3n) is 3.75. The van der Waals surface area contributed by atoms with Crippen LogP contribution < -0.4 is 5.32 Å². The molecule has 0 unspecified atom stereocenters. The van der Waals surface area contributed by atoms with E-state index in [1.807, 2.05) is 13.0 Å². The first-order chi connectivity index (χ1) is 9.49. The van der Waals surface area contributed by atoms with Gasteiger partial charge >= 0.3 is 0 Å². The van der Waals surface area contributed by atoms with E-state index in [4.69, 9.17) is 0 Å². The SMILES string of the molecule is CCCc1nc(C)cc(N[C@@H]2CN(C(C)C)C[C@H]2O)n1. The van der Waals surface area contributed by atoms with Gasteiger partial charge in [-0.2, -0.15) is 0 Å². The number of likely N-dealkylation sites (tertiary alicyclic amines) is 1. The largest absolute Gasteiger partial charge is 0.390 e. The molecule has 1 saturated heterocycles. The number of aliphatic hydroxyl groups is 1. The van der Waals surface area contributed by atoms with Gasteiger partial charge in [0.05, 0.1) is 12.1 Å². The molecule has 0 spiro atoms. The van der Waals surface area contributed by atoms with E-state index in [0.29, 0.717) is 6.04 Å². The molecule has 1 aromatic heterocycles. The van der Waals surface area contributed by atoms with Gasteiger partial charge in [-0.1, -0.05) is 6.92 Å². The quantitative estimate of drug-likeness (QED) is 0.857. The second kappa shape index (κ2) is 6.50. The topological polar surface area (TPSA) is 61.3 Å². The smallest absolute Gasteiger partial charge is 0.130 e. The number of aliphatic hydroxyl groups excluding tert-OH is 1. The van der Waals surface area contributed by atoms with Crippen LogP contribution in [0.4, 0.5) is 5.82 Å². The van der Waals surface area contributed by atoms with Crippen molar-refractivity contribution in [3.8, 4) is 0 Å². The maximum absolute atomic E-state index is 10.2. The lowest BCUT2D eigenvalue weighted by molar-refractivity contribution is 0.161. The summed E-state index contributed by atoms with van der Waals surface area (Å²) < 4.78 is 0. The van der Waals surface area contributed by atoms with Crippen LogP contribution in [-0.2, 0) is 6.42 Å². The highest BCUT2D eigenvalue weighted by Crippen LogP contribution is 2.18. The Labute approximate surface area is 121 Å². The molecular formula is C15H26N4O. The van der Waals surface area contributed by atoms with Gasteiger partial charge in [0.1, 0.15) is 11.6 Å². The molecule has 0 saturated carbocycles. The van der Waals surface area contributed by atoms with Gasteiger partial charge in [-0.15, -0.1) is 0 Å². The van der Waals surface area contributed by atoms with Crippen molar-refractivity contribution in [1.82, 2.24) is 14.9 Å². The van der Waals surface area contributed by atoms with Gasteiger partial charge in [0.2, 0.25) is 0 Å². The van der Waals surface area contributed by atoms with E-state index in [2.05, 4.69) is 41.0 Å². The lowest BCUT2D eigenvalue weighted by atomic mass is 10.2. The van der Waals surface area contributed by atoms with Crippen LogP contribution in [0, 0.1) is 6.92 Å². The van der Waals surface area contributed by atoms with E-state index < -0.39 is 0 Å². The van der Waals surface area contributed by atoms with E-state index in [9.17, 15) is 5.11 Å². The maximum Gasteiger partial charge on any atom is 0.130 e.